The van der Waals surface area contributed by atoms with Crippen LogP contribution in [0.3, 0.4) is 0 Å². The number of ketones is 2. The number of phenolic OH excluding ortho intramolecular Hbond substituents is 1. The summed E-state index contributed by atoms with van der Waals surface area (Å²) in [6.45, 7) is 0. The van der Waals surface area contributed by atoms with Crippen LogP contribution in [0.15, 0.2) is 36.4 Å². The maximum Gasteiger partial charge on any atom is 0.316 e. The summed E-state index contributed by atoms with van der Waals surface area (Å²) in [5.74, 6) is -1.22. The molecule has 1 aliphatic carbocycles. The molecule has 104 valence electrons. The number of phenols is 1. The van der Waals surface area contributed by atoms with Crippen molar-refractivity contribution in [1.82, 2.24) is 0 Å². The minimum Gasteiger partial charge on any atom is -0.507 e. The number of aromatic hydroxyl groups is 1. The topological polar surface area (TPSA) is 109 Å². The first kappa shape index (κ1) is 12.9. The Morgan fingerprint density at radius 2 is 1.52 bits per heavy atom. The summed E-state index contributed by atoms with van der Waals surface area (Å²) in [6, 6.07) is 8.03. The maximum atomic E-state index is 12.6. The van der Waals surface area contributed by atoms with E-state index in [0.29, 0.717) is 0 Å². The number of rotatable bonds is 1. The monoisotopic (exact) mass is 282 g/mol. The first-order chi connectivity index (χ1) is 10.0. The van der Waals surface area contributed by atoms with Crippen LogP contribution in [-0.4, -0.2) is 22.7 Å². The van der Waals surface area contributed by atoms with Crippen molar-refractivity contribution >= 4 is 23.3 Å². The van der Waals surface area contributed by atoms with E-state index in [1.54, 1.807) is 12.1 Å². The third-order valence-corrected chi connectivity index (χ3v) is 3.31. The molecule has 0 heterocycles. The SMILES string of the molecule is NC(=O)Nc1ccc(O)c2c1C(=O)c1ccccc1C2=O. The van der Waals surface area contributed by atoms with Gasteiger partial charge in [-0.25, -0.2) is 4.79 Å². The van der Waals surface area contributed by atoms with Gasteiger partial charge in [0.2, 0.25) is 0 Å². The van der Waals surface area contributed by atoms with Crippen molar-refractivity contribution in [3.63, 3.8) is 0 Å². The molecule has 6 nitrogen and oxygen atoms in total. The fraction of sp³-hybridized carbons (Fsp3) is 0. The van der Waals surface area contributed by atoms with Crippen LogP contribution in [0.1, 0.15) is 31.8 Å². The minimum atomic E-state index is -0.859. The standard InChI is InChI=1S/C15H10N2O4/c16-15(21)17-9-5-6-10(18)12-11(9)13(19)7-3-1-2-4-8(7)14(12)20/h1-6,18H,(H3,16,17,21). The summed E-state index contributed by atoms with van der Waals surface area (Å²) in [4.78, 5) is 36.0. The molecule has 0 spiro atoms. The Morgan fingerprint density at radius 3 is 2.10 bits per heavy atom. The Bertz CT molecular complexity index is 811. The second-order valence-electron chi connectivity index (χ2n) is 4.58. The highest BCUT2D eigenvalue weighted by Gasteiger charge is 2.34. The molecule has 6 heteroatoms. The minimum absolute atomic E-state index is 0.0440. The molecular formula is C15H10N2O4. The second kappa shape index (κ2) is 4.45. The number of benzene rings is 2. The number of anilines is 1. The Balaban J connectivity index is 2.31. The van der Waals surface area contributed by atoms with Crippen LogP contribution in [0.5, 0.6) is 5.75 Å². The van der Waals surface area contributed by atoms with Crippen molar-refractivity contribution in [3.8, 4) is 5.75 Å². The Labute approximate surface area is 119 Å². The maximum absolute atomic E-state index is 12.6. The average Bonchev–Trinajstić information content (AvgIpc) is 2.46. The van der Waals surface area contributed by atoms with E-state index >= 15 is 0 Å². The molecule has 3 rings (SSSR count). The lowest BCUT2D eigenvalue weighted by Gasteiger charge is -2.20. The van der Waals surface area contributed by atoms with E-state index in [0.717, 1.165) is 0 Å². The van der Waals surface area contributed by atoms with E-state index in [2.05, 4.69) is 5.32 Å². The zero-order chi connectivity index (χ0) is 15.1. The van der Waals surface area contributed by atoms with E-state index in [1.165, 1.54) is 24.3 Å². The molecule has 21 heavy (non-hydrogen) atoms. The first-order valence-corrected chi connectivity index (χ1v) is 6.11. The van der Waals surface area contributed by atoms with Crippen molar-refractivity contribution in [3.05, 3.63) is 58.7 Å². The number of hydrogen-bond donors (Lipinski definition) is 3. The normalized spacial score (nSPS) is 12.6. The summed E-state index contributed by atoms with van der Waals surface area (Å²) in [7, 11) is 0. The summed E-state index contributed by atoms with van der Waals surface area (Å²) < 4.78 is 0. The number of hydrogen-bond acceptors (Lipinski definition) is 4. The molecule has 2 aromatic carbocycles. The highest BCUT2D eigenvalue weighted by atomic mass is 16.3. The molecule has 0 bridgehead atoms. The Morgan fingerprint density at radius 1 is 0.952 bits per heavy atom. The van der Waals surface area contributed by atoms with E-state index in [1.807, 2.05) is 0 Å². The van der Waals surface area contributed by atoms with Gasteiger partial charge < -0.3 is 16.2 Å². The third-order valence-electron chi connectivity index (χ3n) is 3.31. The average molecular weight is 282 g/mol. The van der Waals surface area contributed by atoms with Gasteiger partial charge >= 0.3 is 6.03 Å². The predicted octanol–water partition coefficient (Wildman–Crippen LogP) is 1.66. The number of amides is 2. The summed E-state index contributed by atoms with van der Waals surface area (Å²) in [5.41, 5.74) is 5.45. The molecule has 2 amide bonds. The van der Waals surface area contributed by atoms with Crippen molar-refractivity contribution in [1.29, 1.82) is 0 Å². The summed E-state index contributed by atoms with van der Waals surface area (Å²) >= 11 is 0. The van der Waals surface area contributed by atoms with Crippen LogP contribution < -0.4 is 11.1 Å². The number of nitrogens with two attached hydrogens (primary N) is 1. The van der Waals surface area contributed by atoms with Crippen molar-refractivity contribution in [2.24, 2.45) is 5.73 Å². The number of carbonyl (C=O) groups is 3. The van der Waals surface area contributed by atoms with Crippen LogP contribution in [0, 0.1) is 0 Å². The van der Waals surface area contributed by atoms with Gasteiger partial charge in [-0.3, -0.25) is 9.59 Å². The lowest BCUT2D eigenvalue weighted by atomic mass is 9.82. The van der Waals surface area contributed by atoms with E-state index < -0.39 is 17.6 Å². The van der Waals surface area contributed by atoms with E-state index in [4.69, 9.17) is 5.73 Å². The van der Waals surface area contributed by atoms with Crippen LogP contribution >= 0.6 is 0 Å². The van der Waals surface area contributed by atoms with E-state index in [-0.39, 0.29) is 33.7 Å². The highest BCUT2D eigenvalue weighted by molar-refractivity contribution is 6.31. The van der Waals surface area contributed by atoms with Gasteiger partial charge in [-0.05, 0) is 12.1 Å². The summed E-state index contributed by atoms with van der Waals surface area (Å²) in [5, 5.41) is 12.2. The molecule has 0 saturated heterocycles. The number of carbonyl (C=O) groups excluding carboxylic acids is 3. The van der Waals surface area contributed by atoms with Crippen molar-refractivity contribution < 1.29 is 19.5 Å². The summed E-state index contributed by atoms with van der Waals surface area (Å²) in [6.07, 6.45) is 0. The number of nitrogens with one attached hydrogen (secondary N) is 1. The molecule has 0 radical (unpaired) electrons. The fourth-order valence-corrected chi connectivity index (χ4v) is 2.44. The van der Waals surface area contributed by atoms with Gasteiger partial charge in [0.1, 0.15) is 5.75 Å². The largest absolute Gasteiger partial charge is 0.507 e. The van der Waals surface area contributed by atoms with Gasteiger partial charge in [-0.2, -0.15) is 0 Å². The molecule has 0 unspecified atom stereocenters. The van der Waals surface area contributed by atoms with Gasteiger partial charge in [-0.1, -0.05) is 24.3 Å². The Hall–Kier alpha value is -3.15. The lowest BCUT2D eigenvalue weighted by molar-refractivity contribution is 0.0977. The first-order valence-electron chi connectivity index (χ1n) is 6.11. The van der Waals surface area contributed by atoms with Crippen molar-refractivity contribution in [2.75, 3.05) is 5.32 Å². The molecule has 0 fully saturated rings. The third kappa shape index (κ3) is 1.85. The van der Waals surface area contributed by atoms with Crippen LogP contribution in [0.2, 0.25) is 0 Å². The molecule has 0 saturated carbocycles. The predicted molar refractivity (Wildman–Crippen MR) is 74.6 cm³/mol. The fourth-order valence-electron chi connectivity index (χ4n) is 2.44. The molecule has 4 N–H and O–H groups in total. The molecule has 2 aromatic rings. The molecule has 0 atom stereocenters. The van der Waals surface area contributed by atoms with Crippen LogP contribution in [-0.2, 0) is 0 Å². The van der Waals surface area contributed by atoms with Gasteiger partial charge in [0.25, 0.3) is 0 Å². The Kier molecular flexibility index (Phi) is 2.72. The molecular weight excluding hydrogens is 272 g/mol. The van der Waals surface area contributed by atoms with Crippen LogP contribution in [0.4, 0.5) is 10.5 Å². The molecule has 0 aromatic heterocycles. The zero-order valence-electron chi connectivity index (χ0n) is 10.7. The molecule has 1 aliphatic rings. The van der Waals surface area contributed by atoms with E-state index in [9.17, 15) is 19.5 Å². The number of urea groups is 1. The smallest absolute Gasteiger partial charge is 0.316 e. The highest BCUT2D eigenvalue weighted by Crippen LogP contribution is 2.36. The van der Waals surface area contributed by atoms with Crippen molar-refractivity contribution in [2.45, 2.75) is 0 Å². The van der Waals surface area contributed by atoms with Gasteiger partial charge in [0.05, 0.1) is 16.8 Å². The van der Waals surface area contributed by atoms with Crippen LogP contribution in [0.25, 0.3) is 0 Å². The molecule has 0 aliphatic heterocycles. The zero-order valence-corrected chi connectivity index (χ0v) is 10.7. The van der Waals surface area contributed by atoms with Gasteiger partial charge in [0.15, 0.2) is 11.6 Å². The van der Waals surface area contributed by atoms with Gasteiger partial charge in [0, 0.05) is 11.1 Å². The van der Waals surface area contributed by atoms with Gasteiger partial charge in [-0.15, -0.1) is 0 Å². The lowest BCUT2D eigenvalue weighted by Crippen LogP contribution is -2.26. The number of primary amides is 1. The quantitative estimate of drug-likeness (QED) is 0.589. The second-order valence-corrected chi connectivity index (χ2v) is 4.58. The number of fused-ring (bicyclic) bond motifs is 2.